The highest BCUT2D eigenvalue weighted by Gasteiger charge is 2.29. The van der Waals surface area contributed by atoms with Crippen molar-refractivity contribution < 1.29 is 19.2 Å². The third-order valence-electron chi connectivity index (χ3n) is 5.34. The number of benzene rings is 2. The molecule has 0 saturated heterocycles. The first-order valence-electron chi connectivity index (χ1n) is 11.4. The number of hydrogen-bond donors (Lipinski definition) is 2. The highest BCUT2D eigenvalue weighted by Crippen LogP contribution is 2.19. The zero-order chi connectivity index (χ0) is 25.3. The van der Waals surface area contributed by atoms with E-state index in [1.807, 2.05) is 66.7 Å². The van der Waals surface area contributed by atoms with Gasteiger partial charge in [-0.15, -0.1) is 0 Å². The van der Waals surface area contributed by atoms with Crippen LogP contribution in [0.25, 0.3) is 17.1 Å². The molecule has 36 heavy (non-hydrogen) atoms. The highest BCUT2D eigenvalue weighted by atomic mass is 16.6. The van der Waals surface area contributed by atoms with E-state index in [1.54, 1.807) is 31.5 Å². The number of nitrogens with one attached hydrogen (secondary N) is 2. The molecule has 2 amide bonds. The van der Waals surface area contributed by atoms with E-state index >= 15 is 0 Å². The SMILES string of the molecule is CCONC(=O)C(=O)C(Cc1ccccc1)NC(=O)c1cccnc1-n1ccc(-c2ccccc2)n1. The number of hydroxylamine groups is 1. The maximum atomic E-state index is 13.3. The summed E-state index contributed by atoms with van der Waals surface area (Å²) in [5.74, 6) is -2.03. The maximum absolute atomic E-state index is 13.3. The highest BCUT2D eigenvalue weighted by molar-refractivity contribution is 6.38. The molecule has 2 aromatic carbocycles. The molecule has 0 radical (unpaired) electrons. The van der Waals surface area contributed by atoms with Gasteiger partial charge in [-0.2, -0.15) is 5.10 Å². The van der Waals surface area contributed by atoms with Crippen molar-refractivity contribution in [2.45, 2.75) is 19.4 Å². The van der Waals surface area contributed by atoms with Gasteiger partial charge >= 0.3 is 5.91 Å². The Morgan fingerprint density at radius 1 is 0.944 bits per heavy atom. The van der Waals surface area contributed by atoms with Gasteiger partial charge in [0.2, 0.25) is 5.78 Å². The van der Waals surface area contributed by atoms with Gasteiger partial charge in [0.05, 0.1) is 17.9 Å². The molecule has 2 aromatic heterocycles. The van der Waals surface area contributed by atoms with Crippen LogP contribution >= 0.6 is 0 Å². The number of nitrogens with zero attached hydrogens (tertiary/aromatic N) is 3. The molecule has 4 rings (SSSR count). The molecule has 2 N–H and O–H groups in total. The summed E-state index contributed by atoms with van der Waals surface area (Å²) in [6.07, 6.45) is 3.39. The van der Waals surface area contributed by atoms with Crippen LogP contribution in [0.15, 0.2) is 91.3 Å². The van der Waals surface area contributed by atoms with Crippen molar-refractivity contribution in [1.82, 2.24) is 25.6 Å². The first-order chi connectivity index (χ1) is 17.6. The van der Waals surface area contributed by atoms with E-state index in [-0.39, 0.29) is 18.6 Å². The fourth-order valence-electron chi connectivity index (χ4n) is 3.60. The summed E-state index contributed by atoms with van der Waals surface area (Å²) in [4.78, 5) is 47.8. The van der Waals surface area contributed by atoms with E-state index in [2.05, 4.69) is 20.9 Å². The summed E-state index contributed by atoms with van der Waals surface area (Å²) in [6.45, 7) is 1.87. The fraction of sp³-hybridized carbons (Fsp3) is 0.148. The predicted octanol–water partition coefficient (Wildman–Crippen LogP) is 2.91. The second kappa shape index (κ2) is 11.7. The van der Waals surface area contributed by atoms with Crippen molar-refractivity contribution >= 4 is 17.6 Å². The molecule has 0 aliphatic heterocycles. The molecule has 9 heteroatoms. The Balaban J connectivity index is 1.60. The standard InChI is InChI=1S/C27H25N5O4/c1-2-36-31-27(35)24(33)23(18-19-10-5-3-6-11-19)29-26(34)21-14-9-16-28-25(21)32-17-15-22(30-32)20-12-7-4-8-13-20/h3-17,23H,2,18H2,1H3,(H,29,34)(H,31,35). The number of pyridine rings is 1. The van der Waals surface area contributed by atoms with Crippen LogP contribution in [-0.2, 0) is 20.8 Å². The maximum Gasteiger partial charge on any atom is 0.313 e. The Morgan fingerprint density at radius 3 is 2.39 bits per heavy atom. The average molecular weight is 484 g/mol. The lowest BCUT2D eigenvalue weighted by atomic mass is 10.0. The van der Waals surface area contributed by atoms with Crippen LogP contribution in [0, 0.1) is 0 Å². The van der Waals surface area contributed by atoms with Crippen molar-refractivity contribution in [2.24, 2.45) is 0 Å². The molecular weight excluding hydrogens is 458 g/mol. The molecule has 2 heterocycles. The van der Waals surface area contributed by atoms with Crippen LogP contribution in [0.4, 0.5) is 0 Å². The Hall–Kier alpha value is -4.63. The number of ketones is 1. The number of amides is 2. The molecule has 1 unspecified atom stereocenters. The number of carbonyl (C=O) groups excluding carboxylic acids is 3. The summed E-state index contributed by atoms with van der Waals surface area (Å²) in [5, 5.41) is 7.27. The summed E-state index contributed by atoms with van der Waals surface area (Å²) in [5.41, 5.74) is 4.73. The van der Waals surface area contributed by atoms with E-state index < -0.39 is 23.6 Å². The van der Waals surface area contributed by atoms with E-state index in [0.717, 1.165) is 16.8 Å². The second-order valence-corrected chi connectivity index (χ2v) is 7.83. The minimum absolute atomic E-state index is 0.125. The average Bonchev–Trinajstić information content (AvgIpc) is 3.42. The number of rotatable bonds is 10. The Labute approximate surface area is 208 Å². The van der Waals surface area contributed by atoms with Crippen LogP contribution in [0.1, 0.15) is 22.8 Å². The predicted molar refractivity (Wildman–Crippen MR) is 133 cm³/mol. The number of Topliss-reactive ketones (excluding diaryl/α,β-unsaturated/α-hetero) is 1. The van der Waals surface area contributed by atoms with Gasteiger partial charge in [0, 0.05) is 24.4 Å². The van der Waals surface area contributed by atoms with E-state index in [4.69, 9.17) is 4.84 Å². The molecule has 0 aliphatic carbocycles. The van der Waals surface area contributed by atoms with Crippen LogP contribution in [0.2, 0.25) is 0 Å². The van der Waals surface area contributed by atoms with E-state index in [0.29, 0.717) is 5.82 Å². The molecule has 0 spiro atoms. The van der Waals surface area contributed by atoms with E-state index in [9.17, 15) is 14.4 Å². The Bertz CT molecular complexity index is 1340. The Kier molecular flexibility index (Phi) is 7.94. The van der Waals surface area contributed by atoms with Crippen molar-refractivity contribution in [3.05, 3.63) is 102 Å². The fourth-order valence-corrected chi connectivity index (χ4v) is 3.60. The Morgan fingerprint density at radius 2 is 1.67 bits per heavy atom. The van der Waals surface area contributed by atoms with Gasteiger partial charge in [-0.3, -0.25) is 19.2 Å². The molecule has 0 aliphatic rings. The quantitative estimate of drug-likeness (QED) is 0.265. The molecule has 0 bridgehead atoms. The number of hydrogen-bond acceptors (Lipinski definition) is 6. The summed E-state index contributed by atoms with van der Waals surface area (Å²) in [7, 11) is 0. The van der Waals surface area contributed by atoms with Gasteiger partial charge in [-0.25, -0.2) is 15.1 Å². The topological polar surface area (TPSA) is 115 Å². The molecular formula is C27H25N5O4. The van der Waals surface area contributed by atoms with Crippen molar-refractivity contribution in [1.29, 1.82) is 0 Å². The van der Waals surface area contributed by atoms with Crippen LogP contribution in [0.5, 0.6) is 0 Å². The monoisotopic (exact) mass is 483 g/mol. The zero-order valence-electron chi connectivity index (χ0n) is 19.6. The third-order valence-corrected chi connectivity index (χ3v) is 5.34. The van der Waals surface area contributed by atoms with Crippen LogP contribution in [0.3, 0.4) is 0 Å². The van der Waals surface area contributed by atoms with Gasteiger partial charge in [0.15, 0.2) is 5.82 Å². The lowest BCUT2D eigenvalue weighted by Gasteiger charge is -2.18. The summed E-state index contributed by atoms with van der Waals surface area (Å²) < 4.78 is 1.51. The number of aromatic nitrogens is 3. The van der Waals surface area contributed by atoms with Gasteiger partial charge < -0.3 is 5.32 Å². The summed E-state index contributed by atoms with van der Waals surface area (Å²) in [6, 6.07) is 22.7. The largest absolute Gasteiger partial charge is 0.341 e. The first kappa shape index (κ1) is 24.5. The lowest BCUT2D eigenvalue weighted by Crippen LogP contribution is -2.48. The third kappa shape index (κ3) is 5.89. The van der Waals surface area contributed by atoms with Gasteiger partial charge in [-0.05, 0) is 30.7 Å². The molecule has 1 atom stereocenters. The molecule has 4 aromatic rings. The van der Waals surface area contributed by atoms with Gasteiger partial charge in [0.25, 0.3) is 5.91 Å². The van der Waals surface area contributed by atoms with E-state index in [1.165, 1.54) is 4.68 Å². The van der Waals surface area contributed by atoms with Gasteiger partial charge in [-0.1, -0.05) is 60.7 Å². The van der Waals surface area contributed by atoms with Crippen molar-refractivity contribution in [2.75, 3.05) is 6.61 Å². The number of carbonyl (C=O) groups is 3. The molecule has 9 nitrogen and oxygen atoms in total. The second-order valence-electron chi connectivity index (χ2n) is 7.83. The van der Waals surface area contributed by atoms with Crippen molar-refractivity contribution in [3.63, 3.8) is 0 Å². The molecule has 182 valence electrons. The summed E-state index contributed by atoms with van der Waals surface area (Å²) >= 11 is 0. The zero-order valence-corrected chi connectivity index (χ0v) is 19.6. The lowest BCUT2D eigenvalue weighted by molar-refractivity contribution is -0.146. The minimum Gasteiger partial charge on any atom is -0.341 e. The normalized spacial score (nSPS) is 11.5. The van der Waals surface area contributed by atoms with Crippen LogP contribution in [-0.4, -0.2) is 45.0 Å². The van der Waals surface area contributed by atoms with Gasteiger partial charge in [0.1, 0.15) is 6.04 Å². The molecule has 0 fully saturated rings. The molecule has 0 saturated carbocycles. The smallest absolute Gasteiger partial charge is 0.313 e. The minimum atomic E-state index is -1.12. The van der Waals surface area contributed by atoms with Crippen LogP contribution < -0.4 is 10.8 Å². The van der Waals surface area contributed by atoms with Crippen molar-refractivity contribution in [3.8, 4) is 17.1 Å². The first-order valence-corrected chi connectivity index (χ1v) is 11.4.